The highest BCUT2D eigenvalue weighted by atomic mass is 79.9. The van der Waals surface area contributed by atoms with Gasteiger partial charge in [-0.1, -0.05) is 28.1 Å². The van der Waals surface area contributed by atoms with Crippen molar-refractivity contribution < 1.29 is 4.74 Å². The topological polar surface area (TPSA) is 39.1 Å². The van der Waals surface area contributed by atoms with Crippen LogP contribution in [0.4, 0.5) is 5.95 Å². The molecule has 1 aromatic carbocycles. The summed E-state index contributed by atoms with van der Waals surface area (Å²) in [6.07, 6.45) is 2.05. The van der Waals surface area contributed by atoms with Crippen molar-refractivity contribution in [2.75, 3.05) is 19.0 Å². The average Bonchev–Trinajstić information content (AvgIpc) is 2.78. The molecule has 1 atom stereocenters. The molecule has 0 amide bonds. The van der Waals surface area contributed by atoms with Crippen LogP contribution in [0.1, 0.15) is 24.2 Å². The highest BCUT2D eigenvalue weighted by Gasteiger charge is 2.11. The van der Waals surface area contributed by atoms with E-state index in [0.29, 0.717) is 6.61 Å². The molecule has 1 heterocycles. The van der Waals surface area contributed by atoms with Gasteiger partial charge in [0.25, 0.3) is 0 Å². The minimum Gasteiger partial charge on any atom is -0.383 e. The predicted molar refractivity (Wildman–Crippen MR) is 85.0 cm³/mol. The first-order valence-electron chi connectivity index (χ1n) is 6.63. The molecule has 20 heavy (non-hydrogen) atoms. The van der Waals surface area contributed by atoms with E-state index in [0.717, 1.165) is 22.7 Å². The number of nitrogens with one attached hydrogen (secondary N) is 1. The zero-order valence-electron chi connectivity index (χ0n) is 12.1. The van der Waals surface area contributed by atoms with Gasteiger partial charge in [0.1, 0.15) is 0 Å². The lowest BCUT2D eigenvalue weighted by molar-refractivity contribution is 0.163. The van der Waals surface area contributed by atoms with Gasteiger partial charge in [0.05, 0.1) is 18.3 Å². The van der Waals surface area contributed by atoms with Crippen molar-refractivity contribution in [3.63, 3.8) is 0 Å². The van der Waals surface area contributed by atoms with E-state index in [1.807, 2.05) is 25.3 Å². The van der Waals surface area contributed by atoms with Crippen molar-refractivity contribution in [2.45, 2.75) is 26.4 Å². The number of ether oxygens (including phenoxy) is 1. The number of rotatable bonds is 6. The van der Waals surface area contributed by atoms with Gasteiger partial charge in [-0.15, -0.1) is 0 Å². The number of hydrogen-bond donors (Lipinski definition) is 1. The van der Waals surface area contributed by atoms with Crippen LogP contribution in [-0.2, 0) is 11.3 Å². The quantitative estimate of drug-likeness (QED) is 0.871. The zero-order chi connectivity index (χ0) is 14.5. The van der Waals surface area contributed by atoms with Crippen LogP contribution in [0.5, 0.6) is 0 Å². The first-order chi connectivity index (χ1) is 9.60. The van der Waals surface area contributed by atoms with E-state index in [-0.39, 0.29) is 6.04 Å². The molecule has 5 heteroatoms. The standard InChI is InChI=1S/C15H20BrN3O/c1-11-9-19(12(2)10-20-3)15(18-11)17-8-13-5-4-6-14(16)7-13/h4-7,9,12H,8,10H2,1-3H3,(H,17,18). The molecule has 4 nitrogen and oxygen atoms in total. The Morgan fingerprint density at radius 2 is 2.25 bits per heavy atom. The molecule has 1 N–H and O–H groups in total. The van der Waals surface area contributed by atoms with E-state index in [2.05, 4.69) is 49.9 Å². The van der Waals surface area contributed by atoms with E-state index in [9.17, 15) is 0 Å². The highest BCUT2D eigenvalue weighted by molar-refractivity contribution is 9.10. The summed E-state index contributed by atoms with van der Waals surface area (Å²) in [4.78, 5) is 4.54. The zero-order valence-corrected chi connectivity index (χ0v) is 13.6. The van der Waals surface area contributed by atoms with Gasteiger partial charge >= 0.3 is 0 Å². The molecule has 2 rings (SSSR count). The lowest BCUT2D eigenvalue weighted by atomic mass is 10.2. The van der Waals surface area contributed by atoms with Gasteiger partial charge < -0.3 is 14.6 Å². The van der Waals surface area contributed by atoms with Gasteiger partial charge in [-0.05, 0) is 31.5 Å². The predicted octanol–water partition coefficient (Wildman–Crippen LogP) is 3.77. The third kappa shape index (κ3) is 3.84. The third-order valence-corrected chi connectivity index (χ3v) is 3.57. The summed E-state index contributed by atoms with van der Waals surface area (Å²) < 4.78 is 8.43. The van der Waals surface area contributed by atoms with Gasteiger partial charge in [0, 0.05) is 24.3 Å². The maximum Gasteiger partial charge on any atom is 0.203 e. The fraction of sp³-hybridized carbons (Fsp3) is 0.400. The van der Waals surface area contributed by atoms with Crippen LogP contribution in [0, 0.1) is 6.92 Å². The molecule has 0 fully saturated rings. The summed E-state index contributed by atoms with van der Waals surface area (Å²) in [5.74, 6) is 0.882. The SMILES string of the molecule is COCC(C)n1cc(C)nc1NCc1cccc(Br)c1. The summed E-state index contributed by atoms with van der Waals surface area (Å²) in [6.45, 7) is 5.53. The Labute approximate surface area is 128 Å². The maximum atomic E-state index is 5.22. The van der Waals surface area contributed by atoms with Crippen molar-refractivity contribution in [3.8, 4) is 0 Å². The molecule has 0 radical (unpaired) electrons. The van der Waals surface area contributed by atoms with Gasteiger partial charge in [-0.3, -0.25) is 0 Å². The Balaban J connectivity index is 2.09. The first kappa shape index (κ1) is 15.1. The second kappa shape index (κ2) is 6.90. The summed E-state index contributed by atoms with van der Waals surface area (Å²) >= 11 is 3.49. The molecule has 0 aliphatic heterocycles. The number of aromatic nitrogens is 2. The Hall–Kier alpha value is -1.33. The Morgan fingerprint density at radius 1 is 1.45 bits per heavy atom. The van der Waals surface area contributed by atoms with E-state index < -0.39 is 0 Å². The summed E-state index contributed by atoms with van der Waals surface area (Å²) in [5, 5.41) is 3.39. The molecule has 108 valence electrons. The van der Waals surface area contributed by atoms with Crippen LogP contribution in [0.3, 0.4) is 0 Å². The lowest BCUT2D eigenvalue weighted by Crippen LogP contribution is -2.14. The minimum atomic E-state index is 0.256. The monoisotopic (exact) mass is 337 g/mol. The summed E-state index contributed by atoms with van der Waals surface area (Å²) in [7, 11) is 1.72. The molecular formula is C15H20BrN3O. The molecular weight excluding hydrogens is 318 g/mol. The number of halogens is 1. The van der Waals surface area contributed by atoms with Crippen LogP contribution in [0.25, 0.3) is 0 Å². The number of anilines is 1. The normalized spacial score (nSPS) is 12.4. The lowest BCUT2D eigenvalue weighted by Gasteiger charge is -2.16. The molecule has 2 aromatic rings. The van der Waals surface area contributed by atoms with Gasteiger partial charge in [0.2, 0.25) is 5.95 Å². The minimum absolute atomic E-state index is 0.256. The number of methoxy groups -OCH3 is 1. The number of nitrogens with zero attached hydrogens (tertiary/aromatic N) is 2. The number of hydrogen-bond acceptors (Lipinski definition) is 3. The smallest absolute Gasteiger partial charge is 0.203 e. The summed E-state index contributed by atoms with van der Waals surface area (Å²) in [6, 6.07) is 8.51. The Kier molecular flexibility index (Phi) is 5.20. The molecule has 0 aliphatic rings. The Bertz CT molecular complexity index is 568. The van der Waals surface area contributed by atoms with Gasteiger partial charge in [0.15, 0.2) is 0 Å². The fourth-order valence-corrected chi connectivity index (χ4v) is 2.58. The third-order valence-electron chi connectivity index (χ3n) is 3.08. The molecule has 1 unspecified atom stereocenters. The number of benzene rings is 1. The molecule has 0 aliphatic carbocycles. The average molecular weight is 338 g/mol. The van der Waals surface area contributed by atoms with E-state index in [1.54, 1.807) is 7.11 Å². The molecule has 0 saturated heterocycles. The van der Waals surface area contributed by atoms with E-state index >= 15 is 0 Å². The van der Waals surface area contributed by atoms with Crippen molar-refractivity contribution in [2.24, 2.45) is 0 Å². The summed E-state index contributed by atoms with van der Waals surface area (Å²) in [5.41, 5.74) is 2.22. The molecule has 0 saturated carbocycles. The largest absolute Gasteiger partial charge is 0.383 e. The second-order valence-corrected chi connectivity index (χ2v) is 5.82. The number of aryl methyl sites for hydroxylation is 1. The first-order valence-corrected chi connectivity index (χ1v) is 7.42. The Morgan fingerprint density at radius 3 is 2.95 bits per heavy atom. The van der Waals surface area contributed by atoms with Crippen LogP contribution >= 0.6 is 15.9 Å². The van der Waals surface area contributed by atoms with Crippen LogP contribution in [0.15, 0.2) is 34.9 Å². The molecule has 0 bridgehead atoms. The van der Waals surface area contributed by atoms with Crippen LogP contribution in [0.2, 0.25) is 0 Å². The van der Waals surface area contributed by atoms with Gasteiger partial charge in [-0.25, -0.2) is 4.98 Å². The van der Waals surface area contributed by atoms with Crippen molar-refractivity contribution in [3.05, 3.63) is 46.2 Å². The second-order valence-electron chi connectivity index (χ2n) is 4.90. The van der Waals surface area contributed by atoms with Crippen molar-refractivity contribution in [1.29, 1.82) is 0 Å². The van der Waals surface area contributed by atoms with Gasteiger partial charge in [-0.2, -0.15) is 0 Å². The van der Waals surface area contributed by atoms with Crippen molar-refractivity contribution >= 4 is 21.9 Å². The number of imidazole rings is 1. The van der Waals surface area contributed by atoms with Crippen LogP contribution in [-0.4, -0.2) is 23.3 Å². The van der Waals surface area contributed by atoms with Crippen molar-refractivity contribution in [1.82, 2.24) is 9.55 Å². The van der Waals surface area contributed by atoms with E-state index in [4.69, 9.17) is 4.74 Å². The van der Waals surface area contributed by atoms with E-state index in [1.165, 1.54) is 5.56 Å². The van der Waals surface area contributed by atoms with Crippen LogP contribution < -0.4 is 5.32 Å². The molecule has 0 spiro atoms. The highest BCUT2D eigenvalue weighted by Crippen LogP contribution is 2.18. The fourth-order valence-electron chi connectivity index (χ4n) is 2.13. The molecule has 1 aromatic heterocycles. The maximum absolute atomic E-state index is 5.22.